The fraction of sp³-hybridized carbons (Fsp3) is 0.182. The second kappa shape index (κ2) is 11.5. The van der Waals surface area contributed by atoms with Crippen molar-refractivity contribution in [2.24, 2.45) is 20.5 Å². The number of ether oxygens (including phenoxy) is 2. The molecule has 0 spiro atoms. The molecule has 4 N–H and O–H groups in total. The van der Waals surface area contributed by atoms with Crippen molar-refractivity contribution in [3.63, 3.8) is 0 Å². The molecule has 0 aliphatic rings. The third kappa shape index (κ3) is 5.17. The standard InChI is InChI=1S/C22H20N14O4S2/c1-9-15(29-31-19-11(6-27-41-19)21(37)39-3)17(23)35(33-9)13-5-14(26-8-25-13)36-18(24)16(10(2)34-36)30-32-20-12(7-28-42-20)22(38)40-4/h5-8H,23-24H2,1-4H3. The number of carbonyl (C=O) groups is 2. The van der Waals surface area contributed by atoms with E-state index in [1.807, 2.05) is 0 Å². The van der Waals surface area contributed by atoms with Crippen molar-refractivity contribution < 1.29 is 19.1 Å². The molecule has 0 unspecified atom stereocenters. The Balaban J connectivity index is 1.45. The molecule has 18 nitrogen and oxygen atoms in total. The summed E-state index contributed by atoms with van der Waals surface area (Å²) < 4.78 is 20.1. The van der Waals surface area contributed by atoms with Crippen LogP contribution in [-0.4, -0.2) is 64.4 Å². The predicted molar refractivity (Wildman–Crippen MR) is 150 cm³/mol. The van der Waals surface area contributed by atoms with E-state index in [1.165, 1.54) is 42.3 Å². The van der Waals surface area contributed by atoms with E-state index in [9.17, 15) is 9.59 Å². The van der Waals surface area contributed by atoms with Gasteiger partial charge in [-0.15, -0.1) is 20.5 Å². The van der Waals surface area contributed by atoms with Crippen molar-refractivity contribution in [2.75, 3.05) is 25.7 Å². The first-order valence-electron chi connectivity index (χ1n) is 11.7. The lowest BCUT2D eigenvalue weighted by atomic mass is 10.3. The minimum Gasteiger partial charge on any atom is -0.465 e. The average molecular weight is 609 g/mol. The minimum absolute atomic E-state index is 0.134. The number of nitrogens with two attached hydrogens (primary N) is 2. The summed E-state index contributed by atoms with van der Waals surface area (Å²) in [4.78, 5) is 32.3. The van der Waals surface area contributed by atoms with Gasteiger partial charge in [0.15, 0.2) is 44.6 Å². The van der Waals surface area contributed by atoms with E-state index in [0.717, 1.165) is 23.1 Å². The van der Waals surface area contributed by atoms with Crippen molar-refractivity contribution in [1.82, 2.24) is 38.3 Å². The maximum absolute atomic E-state index is 11.9. The van der Waals surface area contributed by atoms with Crippen molar-refractivity contribution in [2.45, 2.75) is 13.8 Å². The molecule has 42 heavy (non-hydrogen) atoms. The number of rotatable bonds is 8. The highest BCUT2D eigenvalue weighted by molar-refractivity contribution is 7.10. The zero-order valence-electron chi connectivity index (χ0n) is 22.3. The van der Waals surface area contributed by atoms with Crippen LogP contribution in [0.5, 0.6) is 0 Å². The van der Waals surface area contributed by atoms with Crippen LogP contribution in [0.25, 0.3) is 11.6 Å². The maximum Gasteiger partial charge on any atom is 0.342 e. The molecule has 5 rings (SSSR count). The fourth-order valence-corrected chi connectivity index (χ4v) is 4.68. The van der Waals surface area contributed by atoms with Gasteiger partial charge in [0.05, 0.1) is 38.0 Å². The van der Waals surface area contributed by atoms with E-state index in [1.54, 1.807) is 19.9 Å². The van der Waals surface area contributed by atoms with Crippen LogP contribution in [0.3, 0.4) is 0 Å². The highest BCUT2D eigenvalue weighted by Gasteiger charge is 2.20. The monoisotopic (exact) mass is 608 g/mol. The molecule has 0 saturated carbocycles. The number of nitrogen functional groups attached to an aromatic ring is 2. The second-order valence-corrected chi connectivity index (χ2v) is 9.73. The maximum atomic E-state index is 11.9. The van der Waals surface area contributed by atoms with Crippen LogP contribution in [-0.2, 0) is 9.47 Å². The Hall–Kier alpha value is -5.50. The van der Waals surface area contributed by atoms with E-state index < -0.39 is 11.9 Å². The average Bonchev–Trinajstić information content (AvgIpc) is 3.77. The molecule has 0 saturated heterocycles. The Kier molecular flexibility index (Phi) is 7.71. The van der Waals surface area contributed by atoms with Crippen molar-refractivity contribution in [3.05, 3.63) is 47.3 Å². The first kappa shape index (κ1) is 28.0. The second-order valence-electron chi connectivity index (χ2n) is 8.17. The summed E-state index contributed by atoms with van der Waals surface area (Å²) in [5.41, 5.74) is 14.5. The van der Waals surface area contributed by atoms with Gasteiger partial charge in [0.2, 0.25) is 0 Å². The Morgan fingerprint density at radius 2 is 1.19 bits per heavy atom. The normalized spacial score (nSPS) is 11.5. The van der Waals surface area contributed by atoms with Crippen LogP contribution < -0.4 is 11.5 Å². The fourth-order valence-electron chi connectivity index (χ4n) is 3.54. The molecule has 0 radical (unpaired) electrons. The first-order valence-corrected chi connectivity index (χ1v) is 13.2. The highest BCUT2D eigenvalue weighted by atomic mass is 32.1. The summed E-state index contributed by atoms with van der Waals surface area (Å²) in [7, 11) is 2.52. The van der Waals surface area contributed by atoms with Gasteiger partial charge in [-0.1, -0.05) is 0 Å². The van der Waals surface area contributed by atoms with Gasteiger partial charge in [0.25, 0.3) is 0 Å². The largest absolute Gasteiger partial charge is 0.465 e. The van der Waals surface area contributed by atoms with Gasteiger partial charge in [0, 0.05) is 6.07 Å². The molecule has 0 aliphatic heterocycles. The summed E-state index contributed by atoms with van der Waals surface area (Å²) in [5.74, 6) is -0.320. The van der Waals surface area contributed by atoms with Crippen LogP contribution >= 0.6 is 23.1 Å². The molecule has 214 valence electrons. The van der Waals surface area contributed by atoms with Gasteiger partial charge in [0.1, 0.15) is 17.5 Å². The molecule has 0 atom stereocenters. The topological polar surface area (TPSA) is 241 Å². The Morgan fingerprint density at radius 3 is 1.60 bits per heavy atom. The number of azo groups is 2. The quantitative estimate of drug-likeness (QED) is 0.188. The van der Waals surface area contributed by atoms with E-state index in [4.69, 9.17) is 20.9 Å². The number of anilines is 2. The van der Waals surface area contributed by atoms with Crippen LogP contribution in [0.1, 0.15) is 32.1 Å². The SMILES string of the molecule is COC(=O)c1cnsc1N=Nc1c(C)nn(-c2cc(-n3nc(C)c(N=Nc4sncc4C(=O)OC)c3N)ncn2)c1N. The van der Waals surface area contributed by atoms with E-state index >= 15 is 0 Å². The third-order valence-electron chi connectivity index (χ3n) is 5.59. The van der Waals surface area contributed by atoms with Crippen LogP contribution in [0.4, 0.5) is 33.0 Å². The summed E-state index contributed by atoms with van der Waals surface area (Å²) in [6.07, 6.45) is 3.99. The minimum atomic E-state index is -0.584. The number of hydrogen-bond acceptors (Lipinski definition) is 18. The number of nitrogens with zero attached hydrogens (tertiary/aromatic N) is 12. The van der Waals surface area contributed by atoms with Gasteiger partial charge in [-0.05, 0) is 36.9 Å². The van der Waals surface area contributed by atoms with Gasteiger partial charge in [-0.3, -0.25) is 0 Å². The van der Waals surface area contributed by atoms with E-state index in [2.05, 4.69) is 49.4 Å². The number of esters is 2. The number of hydrogen-bond donors (Lipinski definition) is 2. The van der Waals surface area contributed by atoms with Crippen LogP contribution in [0, 0.1) is 13.8 Å². The summed E-state index contributed by atoms with van der Waals surface area (Å²) in [5, 5.41) is 26.0. The van der Waals surface area contributed by atoms with Gasteiger partial charge < -0.3 is 20.9 Å². The zero-order valence-corrected chi connectivity index (χ0v) is 23.9. The molecule has 5 aromatic rings. The van der Waals surface area contributed by atoms with Crippen LogP contribution in [0.2, 0.25) is 0 Å². The molecule has 0 fully saturated rings. The lowest BCUT2D eigenvalue weighted by Crippen LogP contribution is -2.09. The number of methoxy groups -OCH3 is 2. The van der Waals surface area contributed by atoms with Crippen molar-refractivity contribution in [3.8, 4) is 11.6 Å². The smallest absolute Gasteiger partial charge is 0.342 e. The first-order chi connectivity index (χ1) is 20.2. The molecule has 0 aromatic carbocycles. The highest BCUT2D eigenvalue weighted by Crippen LogP contribution is 2.34. The lowest BCUT2D eigenvalue weighted by Gasteiger charge is -2.06. The molecule has 20 heteroatoms. The number of aryl methyl sites for hydroxylation is 2. The molecule has 5 aromatic heterocycles. The van der Waals surface area contributed by atoms with Crippen molar-refractivity contribution >= 4 is 68.0 Å². The summed E-state index contributed by atoms with van der Waals surface area (Å²) in [6.45, 7) is 3.39. The van der Waals surface area contributed by atoms with E-state index in [-0.39, 0.29) is 55.8 Å². The third-order valence-corrected chi connectivity index (χ3v) is 6.96. The molecule has 0 amide bonds. The van der Waals surface area contributed by atoms with E-state index in [0.29, 0.717) is 11.4 Å². The molecule has 5 heterocycles. The number of carbonyl (C=O) groups excluding carboxylic acids is 2. The molecule has 0 bridgehead atoms. The Morgan fingerprint density at radius 1 is 0.762 bits per heavy atom. The lowest BCUT2D eigenvalue weighted by molar-refractivity contribution is 0.0593. The van der Waals surface area contributed by atoms with Crippen molar-refractivity contribution in [1.29, 1.82) is 0 Å². The molecular formula is C22H20N14O4S2. The number of aromatic nitrogens is 8. The van der Waals surface area contributed by atoms with Crippen LogP contribution in [0.15, 0.2) is 45.2 Å². The summed E-state index contributed by atoms with van der Waals surface area (Å²) in [6, 6.07) is 1.56. The van der Waals surface area contributed by atoms with Gasteiger partial charge in [-0.2, -0.15) is 28.3 Å². The molecular weight excluding hydrogens is 588 g/mol. The van der Waals surface area contributed by atoms with Gasteiger partial charge in [-0.25, -0.2) is 19.6 Å². The summed E-state index contributed by atoms with van der Waals surface area (Å²) >= 11 is 1.96. The predicted octanol–water partition coefficient (Wildman–Crippen LogP) is 3.95. The Labute approximate surface area is 244 Å². The Bertz CT molecular complexity index is 1740. The molecule has 0 aliphatic carbocycles. The van der Waals surface area contributed by atoms with Gasteiger partial charge >= 0.3 is 11.9 Å². The zero-order chi connectivity index (χ0) is 30.0.